The maximum atomic E-state index is 12.2. The summed E-state index contributed by atoms with van der Waals surface area (Å²) in [5.41, 5.74) is 0. The second kappa shape index (κ2) is 11.6. The summed E-state index contributed by atoms with van der Waals surface area (Å²) >= 11 is 1.79. The van der Waals surface area contributed by atoms with Gasteiger partial charge < -0.3 is 15.1 Å². The first-order valence-electron chi connectivity index (χ1n) is 8.17. The molecule has 6 heteroatoms. The lowest BCUT2D eigenvalue weighted by atomic mass is 10.3. The van der Waals surface area contributed by atoms with Crippen molar-refractivity contribution in [1.82, 2.24) is 10.6 Å². The van der Waals surface area contributed by atoms with E-state index in [0.29, 0.717) is 13.0 Å². The molecule has 0 saturated carbocycles. The molecule has 0 atom stereocenters. The fraction of sp³-hybridized carbons (Fsp3) is 0.389. The Morgan fingerprint density at radius 3 is 2.67 bits per heavy atom. The number of benzene rings is 1. The normalized spacial score (nSPS) is 11.5. The zero-order chi connectivity index (χ0) is 16.9. The summed E-state index contributed by atoms with van der Waals surface area (Å²) in [5, 5.41) is 6.56. The summed E-state index contributed by atoms with van der Waals surface area (Å²) in [7, 11) is 0. The first kappa shape index (κ1) is 18.4. The fourth-order valence-corrected chi connectivity index (χ4v) is 2.83. The number of nitrogens with one attached hydrogen (secondary N) is 2. The van der Waals surface area contributed by atoms with Crippen LogP contribution in [0.3, 0.4) is 0 Å². The van der Waals surface area contributed by atoms with Crippen LogP contribution in [0.5, 0.6) is 0 Å². The molecule has 1 heterocycles. The van der Waals surface area contributed by atoms with Crippen molar-refractivity contribution in [1.29, 1.82) is 0 Å². The van der Waals surface area contributed by atoms with Gasteiger partial charge in [0.1, 0.15) is 5.76 Å². The standard InChI is InChI=1S/C18H24FN3OS/c19-10-5-11-20-18(21-12-9-16-6-4-14-23-16)22-13-15-24-17-7-2-1-3-8-17/h1-4,6-8,14H,5,9-13,15H2,(H2,20,21,22). The van der Waals surface area contributed by atoms with Crippen LogP contribution in [-0.4, -0.2) is 38.0 Å². The highest BCUT2D eigenvalue weighted by Gasteiger charge is 2.01. The van der Waals surface area contributed by atoms with Gasteiger partial charge in [-0.1, -0.05) is 18.2 Å². The van der Waals surface area contributed by atoms with Crippen molar-refractivity contribution in [3.8, 4) is 0 Å². The Morgan fingerprint density at radius 2 is 1.92 bits per heavy atom. The number of nitrogens with zero attached hydrogens (tertiary/aromatic N) is 1. The molecule has 0 amide bonds. The van der Waals surface area contributed by atoms with Gasteiger partial charge in [0.05, 0.1) is 12.9 Å². The highest BCUT2D eigenvalue weighted by atomic mass is 32.2. The average Bonchev–Trinajstić information content (AvgIpc) is 3.13. The van der Waals surface area contributed by atoms with E-state index in [1.54, 1.807) is 18.0 Å². The minimum Gasteiger partial charge on any atom is -0.469 e. The van der Waals surface area contributed by atoms with Gasteiger partial charge in [-0.25, -0.2) is 0 Å². The summed E-state index contributed by atoms with van der Waals surface area (Å²) in [6.07, 6.45) is 2.91. The molecule has 2 N–H and O–H groups in total. The number of hydrogen-bond acceptors (Lipinski definition) is 3. The molecule has 1 aromatic heterocycles. The van der Waals surface area contributed by atoms with E-state index in [1.165, 1.54) is 4.90 Å². The van der Waals surface area contributed by atoms with Crippen LogP contribution in [0.2, 0.25) is 0 Å². The van der Waals surface area contributed by atoms with Crippen LogP contribution in [0, 0.1) is 0 Å². The molecule has 0 fully saturated rings. The van der Waals surface area contributed by atoms with E-state index >= 15 is 0 Å². The first-order valence-corrected chi connectivity index (χ1v) is 9.15. The molecule has 0 unspecified atom stereocenters. The molecule has 0 aliphatic heterocycles. The second-order valence-electron chi connectivity index (χ2n) is 5.12. The summed E-state index contributed by atoms with van der Waals surface area (Å²) in [6, 6.07) is 14.1. The van der Waals surface area contributed by atoms with Crippen molar-refractivity contribution >= 4 is 17.7 Å². The number of hydrogen-bond donors (Lipinski definition) is 2. The van der Waals surface area contributed by atoms with E-state index in [1.807, 2.05) is 30.3 Å². The molecule has 0 saturated heterocycles. The maximum absolute atomic E-state index is 12.2. The van der Waals surface area contributed by atoms with Crippen LogP contribution in [-0.2, 0) is 6.42 Å². The lowest BCUT2D eigenvalue weighted by Gasteiger charge is -2.12. The molecule has 2 rings (SSSR count). The molecule has 4 nitrogen and oxygen atoms in total. The molecular formula is C18H24FN3OS. The smallest absolute Gasteiger partial charge is 0.191 e. The summed E-state index contributed by atoms with van der Waals surface area (Å²) < 4.78 is 17.6. The molecule has 0 aliphatic rings. The molecule has 0 bridgehead atoms. The monoisotopic (exact) mass is 349 g/mol. The summed E-state index contributed by atoms with van der Waals surface area (Å²) in [6.45, 7) is 1.66. The Labute approximate surface area is 146 Å². The van der Waals surface area contributed by atoms with Gasteiger partial charge in [0.15, 0.2) is 5.96 Å². The van der Waals surface area contributed by atoms with E-state index in [4.69, 9.17) is 4.42 Å². The van der Waals surface area contributed by atoms with E-state index < -0.39 is 0 Å². The number of halogens is 1. The third-order valence-corrected chi connectivity index (χ3v) is 4.23. The average molecular weight is 349 g/mol. The van der Waals surface area contributed by atoms with E-state index in [-0.39, 0.29) is 6.67 Å². The largest absolute Gasteiger partial charge is 0.469 e. The van der Waals surface area contributed by atoms with Crippen LogP contribution in [0.15, 0.2) is 63.0 Å². The number of alkyl halides is 1. The SMILES string of the molecule is FCCCN=C(NCCSc1ccccc1)NCCc1ccco1. The Bertz CT molecular complexity index is 575. The molecule has 2 aromatic rings. The fourth-order valence-electron chi connectivity index (χ4n) is 2.04. The van der Waals surface area contributed by atoms with E-state index in [2.05, 4.69) is 27.8 Å². The van der Waals surface area contributed by atoms with Gasteiger partial charge in [-0.15, -0.1) is 11.8 Å². The zero-order valence-electron chi connectivity index (χ0n) is 13.7. The van der Waals surface area contributed by atoms with Crippen molar-refractivity contribution in [2.75, 3.05) is 32.1 Å². The highest BCUT2D eigenvalue weighted by Crippen LogP contribution is 2.15. The van der Waals surface area contributed by atoms with E-state index in [0.717, 1.165) is 37.0 Å². The molecule has 130 valence electrons. The van der Waals surface area contributed by atoms with Crippen LogP contribution >= 0.6 is 11.8 Å². The number of rotatable bonds is 10. The Balaban J connectivity index is 1.70. The zero-order valence-corrected chi connectivity index (χ0v) is 14.5. The molecular weight excluding hydrogens is 325 g/mol. The number of guanidine groups is 1. The van der Waals surface area contributed by atoms with Gasteiger partial charge in [-0.05, 0) is 30.7 Å². The molecule has 0 radical (unpaired) electrons. The third kappa shape index (κ3) is 7.55. The minimum atomic E-state index is -0.340. The van der Waals surface area contributed by atoms with Gasteiger partial charge in [0.25, 0.3) is 0 Å². The second-order valence-corrected chi connectivity index (χ2v) is 6.29. The van der Waals surface area contributed by atoms with Crippen LogP contribution in [0.25, 0.3) is 0 Å². The molecule has 0 spiro atoms. The predicted molar refractivity (Wildman–Crippen MR) is 98.5 cm³/mol. The van der Waals surface area contributed by atoms with Crippen molar-refractivity contribution in [2.24, 2.45) is 4.99 Å². The quantitative estimate of drug-likeness (QED) is 0.298. The van der Waals surface area contributed by atoms with Gasteiger partial charge >= 0.3 is 0 Å². The summed E-state index contributed by atoms with van der Waals surface area (Å²) in [4.78, 5) is 5.64. The lowest BCUT2D eigenvalue weighted by Crippen LogP contribution is -2.39. The lowest BCUT2D eigenvalue weighted by molar-refractivity contribution is 0.477. The number of aliphatic imine (C=N–C) groups is 1. The topological polar surface area (TPSA) is 49.6 Å². The summed E-state index contributed by atoms with van der Waals surface area (Å²) in [5.74, 6) is 2.60. The molecule has 24 heavy (non-hydrogen) atoms. The van der Waals surface area contributed by atoms with Crippen LogP contribution < -0.4 is 10.6 Å². The van der Waals surface area contributed by atoms with Crippen LogP contribution in [0.4, 0.5) is 4.39 Å². The Morgan fingerprint density at radius 1 is 1.08 bits per heavy atom. The minimum absolute atomic E-state index is 0.340. The first-order chi connectivity index (χ1) is 11.9. The third-order valence-electron chi connectivity index (χ3n) is 3.21. The number of furan rings is 1. The Kier molecular flexibility index (Phi) is 8.86. The van der Waals surface area contributed by atoms with E-state index in [9.17, 15) is 4.39 Å². The molecule has 0 aliphatic carbocycles. The van der Waals surface area contributed by atoms with Crippen molar-refractivity contribution in [3.63, 3.8) is 0 Å². The van der Waals surface area contributed by atoms with Gasteiger partial charge in [0.2, 0.25) is 0 Å². The predicted octanol–water partition coefficient (Wildman–Crippen LogP) is 3.51. The van der Waals surface area contributed by atoms with Gasteiger partial charge in [0, 0.05) is 36.7 Å². The van der Waals surface area contributed by atoms with Gasteiger partial charge in [-0.2, -0.15) is 0 Å². The molecule has 1 aromatic carbocycles. The maximum Gasteiger partial charge on any atom is 0.191 e. The van der Waals surface area contributed by atoms with Crippen molar-refractivity contribution in [2.45, 2.75) is 17.7 Å². The van der Waals surface area contributed by atoms with Crippen LogP contribution in [0.1, 0.15) is 12.2 Å². The van der Waals surface area contributed by atoms with Crippen molar-refractivity contribution in [3.05, 3.63) is 54.5 Å². The number of thioether (sulfide) groups is 1. The van der Waals surface area contributed by atoms with Crippen molar-refractivity contribution < 1.29 is 8.81 Å². The van der Waals surface area contributed by atoms with Gasteiger partial charge in [-0.3, -0.25) is 9.38 Å². The Hall–Kier alpha value is -1.95. The highest BCUT2D eigenvalue weighted by molar-refractivity contribution is 7.99.